The van der Waals surface area contributed by atoms with E-state index in [9.17, 15) is 9.59 Å². The van der Waals surface area contributed by atoms with Gasteiger partial charge in [0.1, 0.15) is 11.3 Å². The van der Waals surface area contributed by atoms with Crippen LogP contribution in [0.4, 0.5) is 11.4 Å². The Morgan fingerprint density at radius 2 is 1.81 bits per heavy atom. The molecule has 8 nitrogen and oxygen atoms in total. The summed E-state index contributed by atoms with van der Waals surface area (Å²) in [5.41, 5.74) is 1.81. The summed E-state index contributed by atoms with van der Waals surface area (Å²) < 4.78 is 10.8. The van der Waals surface area contributed by atoms with Crippen LogP contribution in [0, 0.1) is 0 Å². The third-order valence-corrected chi connectivity index (χ3v) is 4.62. The van der Waals surface area contributed by atoms with Gasteiger partial charge in [-0.1, -0.05) is 0 Å². The van der Waals surface area contributed by atoms with Crippen molar-refractivity contribution in [1.82, 2.24) is 9.97 Å². The number of aromatic nitrogens is 2. The Hall–Kier alpha value is -3.94. The molecule has 2 heterocycles. The highest BCUT2D eigenvalue weighted by atomic mass is 16.5. The lowest BCUT2D eigenvalue weighted by atomic mass is 10.2. The first-order valence-corrected chi connectivity index (χ1v) is 10.3. The van der Waals surface area contributed by atoms with Crippen LogP contribution in [0.2, 0.25) is 0 Å². The minimum absolute atomic E-state index is 0.0760. The Kier molecular flexibility index (Phi) is 7.75. The number of nitrogens with one attached hydrogen (secondary N) is 1. The number of esters is 1. The maximum atomic E-state index is 12.5. The summed E-state index contributed by atoms with van der Waals surface area (Å²) in [6, 6.07) is 14.4. The van der Waals surface area contributed by atoms with E-state index in [1.807, 2.05) is 24.3 Å². The van der Waals surface area contributed by atoms with Gasteiger partial charge in [-0.3, -0.25) is 9.78 Å². The number of amides is 1. The molecule has 0 fully saturated rings. The molecule has 0 saturated heterocycles. The summed E-state index contributed by atoms with van der Waals surface area (Å²) >= 11 is 0. The summed E-state index contributed by atoms with van der Waals surface area (Å²) in [5, 5.41) is 2.73. The Morgan fingerprint density at radius 3 is 2.47 bits per heavy atom. The zero-order chi connectivity index (χ0) is 22.9. The van der Waals surface area contributed by atoms with Gasteiger partial charge in [0.05, 0.1) is 6.20 Å². The summed E-state index contributed by atoms with van der Waals surface area (Å²) in [7, 11) is 0. The number of hydrogen-bond donors (Lipinski definition) is 1. The van der Waals surface area contributed by atoms with Crippen LogP contribution >= 0.6 is 0 Å². The second-order valence-corrected chi connectivity index (χ2v) is 7.20. The highest BCUT2D eigenvalue weighted by molar-refractivity contribution is 5.96. The molecule has 1 amide bonds. The first kappa shape index (κ1) is 22.7. The molecule has 0 atom stereocenters. The van der Waals surface area contributed by atoms with Gasteiger partial charge in [-0.2, -0.15) is 0 Å². The van der Waals surface area contributed by atoms with E-state index in [4.69, 9.17) is 9.47 Å². The Morgan fingerprint density at radius 1 is 1.06 bits per heavy atom. The summed E-state index contributed by atoms with van der Waals surface area (Å²) in [6.45, 7) is 6.81. The van der Waals surface area contributed by atoms with E-state index in [1.54, 1.807) is 24.4 Å². The molecule has 0 radical (unpaired) electrons. The SMILES string of the molecule is CCN(c1ccc(NC(=O)COC(=O)c2cccnc2Oc2cccnc2)cc1)C(C)C. The van der Waals surface area contributed by atoms with Crippen LogP contribution in [0.5, 0.6) is 11.6 Å². The number of anilines is 2. The lowest BCUT2D eigenvalue weighted by molar-refractivity contribution is -0.119. The molecule has 0 aliphatic heterocycles. The van der Waals surface area contributed by atoms with E-state index in [0.717, 1.165) is 12.2 Å². The molecule has 0 bridgehead atoms. The lowest BCUT2D eigenvalue weighted by Crippen LogP contribution is -2.30. The van der Waals surface area contributed by atoms with Crippen LogP contribution in [-0.4, -0.2) is 41.0 Å². The molecule has 3 rings (SSSR count). The maximum Gasteiger partial charge on any atom is 0.344 e. The fourth-order valence-electron chi connectivity index (χ4n) is 3.13. The van der Waals surface area contributed by atoms with Crippen molar-refractivity contribution in [2.24, 2.45) is 0 Å². The molecular weight excluding hydrogens is 408 g/mol. The third-order valence-electron chi connectivity index (χ3n) is 4.62. The molecule has 0 unspecified atom stereocenters. The standard InChI is InChI=1S/C24H26N4O4/c1-4-28(17(2)3)19-11-9-18(10-12-19)27-22(29)16-31-24(30)21-8-6-14-26-23(21)32-20-7-5-13-25-15-20/h5-15,17H,4,16H2,1-3H3,(H,27,29). The zero-order valence-electron chi connectivity index (χ0n) is 18.3. The maximum absolute atomic E-state index is 12.5. The average Bonchev–Trinajstić information content (AvgIpc) is 2.80. The van der Waals surface area contributed by atoms with Gasteiger partial charge in [0.15, 0.2) is 6.61 Å². The largest absolute Gasteiger partial charge is 0.452 e. The molecule has 3 aromatic rings. The molecule has 1 aromatic carbocycles. The molecule has 8 heteroatoms. The molecule has 0 saturated carbocycles. The van der Waals surface area contributed by atoms with E-state index in [1.165, 1.54) is 18.5 Å². The first-order chi connectivity index (χ1) is 15.5. The van der Waals surface area contributed by atoms with Gasteiger partial charge in [-0.05, 0) is 69.3 Å². The van der Waals surface area contributed by atoms with Crippen LogP contribution in [0.25, 0.3) is 0 Å². The van der Waals surface area contributed by atoms with Gasteiger partial charge in [0.25, 0.3) is 5.91 Å². The summed E-state index contributed by atoms with van der Waals surface area (Å²) in [5.74, 6) is -0.647. The number of benzene rings is 1. The molecule has 0 aliphatic carbocycles. The highest BCUT2D eigenvalue weighted by Gasteiger charge is 2.17. The molecule has 166 valence electrons. The van der Waals surface area contributed by atoms with Gasteiger partial charge in [0, 0.05) is 36.4 Å². The number of ether oxygens (including phenoxy) is 2. The minimum atomic E-state index is -0.710. The third kappa shape index (κ3) is 6.04. The van der Waals surface area contributed by atoms with Gasteiger partial charge in [-0.25, -0.2) is 9.78 Å². The molecule has 0 aliphatic rings. The number of rotatable bonds is 9. The van der Waals surface area contributed by atoms with E-state index in [-0.39, 0.29) is 11.4 Å². The van der Waals surface area contributed by atoms with Crippen molar-refractivity contribution in [3.05, 3.63) is 72.7 Å². The highest BCUT2D eigenvalue weighted by Crippen LogP contribution is 2.23. The van der Waals surface area contributed by atoms with Crippen molar-refractivity contribution in [1.29, 1.82) is 0 Å². The van der Waals surface area contributed by atoms with E-state index >= 15 is 0 Å². The van der Waals surface area contributed by atoms with Crippen LogP contribution < -0.4 is 15.0 Å². The molecule has 1 N–H and O–H groups in total. The van der Waals surface area contributed by atoms with Gasteiger partial charge >= 0.3 is 5.97 Å². The Labute approximate surface area is 187 Å². The number of carbonyl (C=O) groups is 2. The van der Waals surface area contributed by atoms with E-state index in [0.29, 0.717) is 17.5 Å². The predicted octanol–water partition coefficient (Wildman–Crippen LogP) is 4.30. The summed E-state index contributed by atoms with van der Waals surface area (Å²) in [4.78, 5) is 35.0. The Bertz CT molecular complexity index is 1040. The quantitative estimate of drug-likeness (QED) is 0.502. The van der Waals surface area contributed by atoms with Crippen molar-refractivity contribution >= 4 is 23.3 Å². The monoisotopic (exact) mass is 434 g/mol. The second kappa shape index (κ2) is 10.9. The van der Waals surface area contributed by atoms with Crippen LogP contribution in [0.3, 0.4) is 0 Å². The molecule has 0 spiro atoms. The van der Waals surface area contributed by atoms with Crippen molar-refractivity contribution in [3.63, 3.8) is 0 Å². The van der Waals surface area contributed by atoms with Crippen molar-refractivity contribution in [3.8, 4) is 11.6 Å². The van der Waals surface area contributed by atoms with Crippen molar-refractivity contribution < 1.29 is 19.1 Å². The molecular formula is C24H26N4O4. The molecule has 2 aromatic heterocycles. The van der Waals surface area contributed by atoms with Gasteiger partial charge in [-0.15, -0.1) is 0 Å². The Balaban J connectivity index is 1.57. The average molecular weight is 434 g/mol. The number of carbonyl (C=O) groups excluding carboxylic acids is 2. The van der Waals surface area contributed by atoms with Crippen molar-refractivity contribution in [2.75, 3.05) is 23.4 Å². The minimum Gasteiger partial charge on any atom is -0.452 e. The zero-order valence-corrected chi connectivity index (χ0v) is 18.3. The predicted molar refractivity (Wildman–Crippen MR) is 122 cm³/mol. The molecule has 32 heavy (non-hydrogen) atoms. The number of pyridine rings is 2. The lowest BCUT2D eigenvalue weighted by Gasteiger charge is -2.27. The second-order valence-electron chi connectivity index (χ2n) is 7.20. The smallest absolute Gasteiger partial charge is 0.344 e. The fourth-order valence-corrected chi connectivity index (χ4v) is 3.13. The number of hydrogen-bond acceptors (Lipinski definition) is 7. The van der Waals surface area contributed by atoms with E-state index < -0.39 is 18.5 Å². The van der Waals surface area contributed by atoms with Gasteiger partial charge < -0.3 is 19.7 Å². The van der Waals surface area contributed by atoms with Crippen molar-refractivity contribution in [2.45, 2.75) is 26.8 Å². The number of nitrogens with zero attached hydrogens (tertiary/aromatic N) is 3. The first-order valence-electron chi connectivity index (χ1n) is 10.3. The van der Waals surface area contributed by atoms with Crippen LogP contribution in [-0.2, 0) is 9.53 Å². The van der Waals surface area contributed by atoms with Crippen LogP contribution in [0.1, 0.15) is 31.1 Å². The summed E-state index contributed by atoms with van der Waals surface area (Å²) in [6.07, 6.45) is 4.61. The topological polar surface area (TPSA) is 93.7 Å². The normalized spacial score (nSPS) is 10.5. The van der Waals surface area contributed by atoms with Crippen LogP contribution in [0.15, 0.2) is 67.1 Å². The van der Waals surface area contributed by atoms with Gasteiger partial charge in [0.2, 0.25) is 5.88 Å². The van der Waals surface area contributed by atoms with E-state index in [2.05, 4.69) is 41.0 Å². The fraction of sp³-hybridized carbons (Fsp3) is 0.250.